The second-order valence-corrected chi connectivity index (χ2v) is 5.16. The Hall–Kier alpha value is -0.830. The highest BCUT2D eigenvalue weighted by Crippen LogP contribution is 2.36. The average Bonchev–Trinajstić information content (AvgIpc) is 2.74. The molecule has 0 spiro atoms. The van der Waals surface area contributed by atoms with E-state index in [0.717, 1.165) is 24.8 Å². The monoisotopic (exact) mass is 235 g/mol. The zero-order valence-electron chi connectivity index (χ0n) is 11.4. The Balaban J connectivity index is 2.00. The molecule has 0 aliphatic heterocycles. The Morgan fingerprint density at radius 1 is 1.35 bits per heavy atom. The Kier molecular flexibility index (Phi) is 4.21. The molecule has 0 saturated heterocycles. The maximum absolute atomic E-state index is 4.63. The van der Waals surface area contributed by atoms with Crippen LogP contribution >= 0.6 is 0 Å². The van der Waals surface area contributed by atoms with Crippen molar-refractivity contribution in [3.05, 3.63) is 17.5 Å². The van der Waals surface area contributed by atoms with Crippen LogP contribution in [0.1, 0.15) is 38.1 Å². The number of rotatable bonds is 6. The lowest BCUT2D eigenvalue weighted by Crippen LogP contribution is -2.35. The summed E-state index contributed by atoms with van der Waals surface area (Å²) in [4.78, 5) is 0. The third kappa shape index (κ3) is 2.71. The number of nitrogens with one attached hydrogen (secondary N) is 1. The normalized spacial score (nSPS) is 23.7. The van der Waals surface area contributed by atoms with Crippen LogP contribution < -0.4 is 5.32 Å². The molecule has 0 amide bonds. The van der Waals surface area contributed by atoms with Crippen LogP contribution in [0.25, 0.3) is 0 Å². The Bertz CT molecular complexity index is 356. The molecule has 1 aliphatic carbocycles. The fourth-order valence-corrected chi connectivity index (χ4v) is 2.83. The highest BCUT2D eigenvalue weighted by molar-refractivity contribution is 5.12. The lowest BCUT2D eigenvalue weighted by molar-refractivity contribution is 0.171. The first-order valence-corrected chi connectivity index (χ1v) is 6.98. The quantitative estimate of drug-likeness (QED) is 0.819. The molecule has 17 heavy (non-hydrogen) atoms. The highest BCUT2D eigenvalue weighted by atomic mass is 15.3. The van der Waals surface area contributed by atoms with E-state index in [0.29, 0.717) is 0 Å². The van der Waals surface area contributed by atoms with Crippen molar-refractivity contribution >= 4 is 0 Å². The van der Waals surface area contributed by atoms with E-state index in [2.05, 4.69) is 42.1 Å². The molecule has 0 bridgehead atoms. The molecule has 1 fully saturated rings. The predicted octanol–water partition coefficient (Wildman–Crippen LogP) is 2.25. The molecule has 1 aromatic heterocycles. The summed E-state index contributed by atoms with van der Waals surface area (Å²) in [7, 11) is 2.06. The first-order valence-electron chi connectivity index (χ1n) is 6.98. The van der Waals surface area contributed by atoms with Gasteiger partial charge in [-0.2, -0.15) is 5.10 Å². The Labute approximate surface area is 105 Å². The highest BCUT2D eigenvalue weighted by Gasteiger charge is 2.30. The van der Waals surface area contributed by atoms with Gasteiger partial charge < -0.3 is 5.32 Å². The van der Waals surface area contributed by atoms with E-state index in [4.69, 9.17) is 0 Å². The minimum Gasteiger partial charge on any atom is -0.319 e. The van der Waals surface area contributed by atoms with Gasteiger partial charge in [-0.3, -0.25) is 4.68 Å². The summed E-state index contributed by atoms with van der Waals surface area (Å²) in [6, 6.07) is 2.30. The topological polar surface area (TPSA) is 29.9 Å². The maximum atomic E-state index is 4.63. The largest absolute Gasteiger partial charge is 0.319 e. The summed E-state index contributed by atoms with van der Waals surface area (Å²) in [5, 5.41) is 7.94. The first-order chi connectivity index (χ1) is 8.28. The van der Waals surface area contributed by atoms with Gasteiger partial charge in [-0.15, -0.1) is 0 Å². The van der Waals surface area contributed by atoms with Crippen LogP contribution in [0.2, 0.25) is 0 Å². The molecule has 1 saturated carbocycles. The SMILES string of the molecule is CCc1cc(CC2CCC2CNC)n(CC)n1. The van der Waals surface area contributed by atoms with Gasteiger partial charge in [0, 0.05) is 12.2 Å². The summed E-state index contributed by atoms with van der Waals surface area (Å²) in [6.45, 7) is 6.53. The summed E-state index contributed by atoms with van der Waals surface area (Å²) < 4.78 is 2.19. The first kappa shape index (κ1) is 12.6. The summed E-state index contributed by atoms with van der Waals surface area (Å²) in [5.41, 5.74) is 2.68. The van der Waals surface area contributed by atoms with Gasteiger partial charge in [0.1, 0.15) is 0 Å². The number of hydrogen-bond donors (Lipinski definition) is 1. The van der Waals surface area contributed by atoms with E-state index in [1.807, 2.05) is 0 Å². The maximum Gasteiger partial charge on any atom is 0.0624 e. The molecular weight excluding hydrogens is 210 g/mol. The van der Waals surface area contributed by atoms with E-state index in [1.165, 1.54) is 37.2 Å². The molecule has 1 N–H and O–H groups in total. The van der Waals surface area contributed by atoms with Crippen molar-refractivity contribution in [2.24, 2.45) is 11.8 Å². The van der Waals surface area contributed by atoms with Crippen molar-refractivity contribution in [2.75, 3.05) is 13.6 Å². The molecule has 2 unspecified atom stereocenters. The molecule has 3 heteroatoms. The smallest absolute Gasteiger partial charge is 0.0624 e. The van der Waals surface area contributed by atoms with Crippen LogP contribution in [0.3, 0.4) is 0 Å². The molecule has 0 aromatic carbocycles. The molecule has 96 valence electrons. The van der Waals surface area contributed by atoms with Gasteiger partial charge in [-0.05, 0) is 64.1 Å². The fourth-order valence-electron chi connectivity index (χ4n) is 2.83. The average molecular weight is 235 g/mol. The van der Waals surface area contributed by atoms with Crippen LogP contribution in [-0.2, 0) is 19.4 Å². The molecule has 2 atom stereocenters. The lowest BCUT2D eigenvalue weighted by Gasteiger charge is -2.36. The summed E-state index contributed by atoms with van der Waals surface area (Å²) in [6.07, 6.45) is 5.05. The number of aryl methyl sites for hydroxylation is 2. The van der Waals surface area contributed by atoms with Crippen molar-refractivity contribution < 1.29 is 0 Å². The van der Waals surface area contributed by atoms with Gasteiger partial charge in [0.2, 0.25) is 0 Å². The van der Waals surface area contributed by atoms with Crippen LogP contribution in [0.15, 0.2) is 6.07 Å². The van der Waals surface area contributed by atoms with E-state index in [1.54, 1.807) is 0 Å². The minimum atomic E-state index is 0.870. The van der Waals surface area contributed by atoms with E-state index in [9.17, 15) is 0 Å². The van der Waals surface area contributed by atoms with E-state index in [-0.39, 0.29) is 0 Å². The predicted molar refractivity (Wildman–Crippen MR) is 71.1 cm³/mol. The molecule has 1 aliphatic rings. The fraction of sp³-hybridized carbons (Fsp3) is 0.786. The third-order valence-corrected chi connectivity index (χ3v) is 4.09. The standard InChI is InChI=1S/C14H25N3/c1-4-13-9-14(17(5-2)16-13)8-11-6-7-12(11)10-15-3/h9,11-12,15H,4-8,10H2,1-3H3. The van der Waals surface area contributed by atoms with E-state index >= 15 is 0 Å². The van der Waals surface area contributed by atoms with Gasteiger partial charge in [0.25, 0.3) is 0 Å². The molecule has 3 nitrogen and oxygen atoms in total. The summed E-state index contributed by atoms with van der Waals surface area (Å²) >= 11 is 0. The van der Waals surface area contributed by atoms with Crippen molar-refractivity contribution in [3.63, 3.8) is 0 Å². The van der Waals surface area contributed by atoms with Crippen molar-refractivity contribution in [1.29, 1.82) is 0 Å². The summed E-state index contributed by atoms with van der Waals surface area (Å²) in [5.74, 6) is 1.75. The Morgan fingerprint density at radius 2 is 2.12 bits per heavy atom. The zero-order chi connectivity index (χ0) is 12.3. The van der Waals surface area contributed by atoms with Crippen LogP contribution in [0.5, 0.6) is 0 Å². The molecule has 1 heterocycles. The van der Waals surface area contributed by atoms with Crippen molar-refractivity contribution in [1.82, 2.24) is 15.1 Å². The van der Waals surface area contributed by atoms with Crippen molar-refractivity contribution in [2.45, 2.75) is 46.1 Å². The lowest BCUT2D eigenvalue weighted by atomic mass is 9.71. The zero-order valence-corrected chi connectivity index (χ0v) is 11.4. The molecule has 0 radical (unpaired) electrons. The van der Waals surface area contributed by atoms with Gasteiger partial charge in [-0.1, -0.05) is 6.92 Å². The van der Waals surface area contributed by atoms with Crippen LogP contribution in [0, 0.1) is 11.8 Å². The number of hydrogen-bond acceptors (Lipinski definition) is 2. The van der Waals surface area contributed by atoms with Crippen LogP contribution in [0.4, 0.5) is 0 Å². The second-order valence-electron chi connectivity index (χ2n) is 5.16. The third-order valence-electron chi connectivity index (χ3n) is 4.09. The Morgan fingerprint density at radius 3 is 2.65 bits per heavy atom. The minimum absolute atomic E-state index is 0.870. The van der Waals surface area contributed by atoms with E-state index < -0.39 is 0 Å². The van der Waals surface area contributed by atoms with Gasteiger partial charge >= 0.3 is 0 Å². The second kappa shape index (κ2) is 5.67. The van der Waals surface area contributed by atoms with Gasteiger partial charge in [0.05, 0.1) is 5.69 Å². The molecule has 1 aromatic rings. The molecule has 2 rings (SSSR count). The van der Waals surface area contributed by atoms with Gasteiger partial charge in [0.15, 0.2) is 0 Å². The number of aromatic nitrogens is 2. The van der Waals surface area contributed by atoms with Crippen LogP contribution in [-0.4, -0.2) is 23.4 Å². The molecular formula is C14H25N3. The van der Waals surface area contributed by atoms with Crippen molar-refractivity contribution in [3.8, 4) is 0 Å². The van der Waals surface area contributed by atoms with Gasteiger partial charge in [-0.25, -0.2) is 0 Å². The number of nitrogens with zero attached hydrogens (tertiary/aromatic N) is 2.